The summed E-state index contributed by atoms with van der Waals surface area (Å²) < 4.78 is 28.1. The van der Waals surface area contributed by atoms with Crippen LogP contribution in [0.25, 0.3) is 10.9 Å². The number of aromatic nitrogens is 1. The second-order valence-corrected chi connectivity index (χ2v) is 8.84. The van der Waals surface area contributed by atoms with Crippen molar-refractivity contribution in [2.24, 2.45) is 0 Å². The molecule has 2 heterocycles. The van der Waals surface area contributed by atoms with Crippen molar-refractivity contribution in [3.63, 3.8) is 0 Å². The van der Waals surface area contributed by atoms with E-state index >= 15 is 0 Å². The Morgan fingerprint density at radius 2 is 2.04 bits per heavy atom. The third kappa shape index (κ3) is 3.55. The fourth-order valence-electron chi connectivity index (χ4n) is 3.81. The van der Waals surface area contributed by atoms with E-state index in [1.165, 1.54) is 6.92 Å². The molecule has 146 valence electrons. The van der Waals surface area contributed by atoms with E-state index in [1.54, 1.807) is 23.1 Å². The van der Waals surface area contributed by atoms with E-state index < -0.39 is 10.0 Å². The molecule has 0 spiro atoms. The monoisotopic (exact) mass is 397 g/mol. The Kier molecular flexibility index (Phi) is 4.95. The van der Waals surface area contributed by atoms with Gasteiger partial charge in [-0.3, -0.25) is 4.79 Å². The number of aromatic amines is 1. The molecule has 0 bridgehead atoms. The number of amides is 1. The second kappa shape index (κ2) is 7.41. The molecule has 2 N–H and O–H groups in total. The molecule has 6 nitrogen and oxygen atoms in total. The van der Waals surface area contributed by atoms with Crippen molar-refractivity contribution in [3.8, 4) is 0 Å². The normalized spacial score (nSPS) is 14.2. The lowest BCUT2D eigenvalue weighted by Crippen LogP contribution is -2.33. The number of para-hydroxylation sites is 1. The zero-order chi connectivity index (χ0) is 19.7. The van der Waals surface area contributed by atoms with Crippen LogP contribution in [0, 0.1) is 0 Å². The van der Waals surface area contributed by atoms with Crippen LogP contribution in [0.15, 0.2) is 53.6 Å². The number of sulfonamides is 1. The Labute approximate surface area is 164 Å². The highest BCUT2D eigenvalue weighted by Crippen LogP contribution is 2.29. The van der Waals surface area contributed by atoms with Crippen LogP contribution >= 0.6 is 0 Å². The van der Waals surface area contributed by atoms with Crippen LogP contribution in [-0.4, -0.2) is 32.4 Å². The van der Waals surface area contributed by atoms with Crippen LogP contribution in [0.5, 0.6) is 0 Å². The number of carbonyl (C=O) groups is 1. The van der Waals surface area contributed by atoms with Gasteiger partial charge in [0.2, 0.25) is 15.9 Å². The summed E-state index contributed by atoms with van der Waals surface area (Å²) in [7, 11) is -3.60. The van der Waals surface area contributed by atoms with Gasteiger partial charge in [-0.15, -0.1) is 0 Å². The number of hydrogen-bond donors (Lipinski definition) is 2. The maximum absolute atomic E-state index is 12.7. The minimum atomic E-state index is -3.60. The molecule has 2 aromatic carbocycles. The highest BCUT2D eigenvalue weighted by molar-refractivity contribution is 7.89. The van der Waals surface area contributed by atoms with Crippen molar-refractivity contribution in [3.05, 3.63) is 59.8 Å². The van der Waals surface area contributed by atoms with E-state index in [2.05, 4.69) is 9.71 Å². The van der Waals surface area contributed by atoms with E-state index in [9.17, 15) is 13.2 Å². The highest BCUT2D eigenvalue weighted by atomic mass is 32.2. The Balaban J connectivity index is 1.48. The predicted octanol–water partition coefficient (Wildman–Crippen LogP) is 2.99. The molecule has 0 unspecified atom stereocenters. The molecule has 0 fully saturated rings. The number of H-pyrrole nitrogens is 1. The summed E-state index contributed by atoms with van der Waals surface area (Å²) in [5.74, 6) is -0.0200. The Morgan fingerprint density at radius 3 is 2.86 bits per heavy atom. The Hall–Kier alpha value is -2.64. The lowest BCUT2D eigenvalue weighted by Gasteiger charge is -2.28. The van der Waals surface area contributed by atoms with Crippen molar-refractivity contribution in [2.45, 2.75) is 31.1 Å². The molecule has 0 saturated heterocycles. The molecule has 28 heavy (non-hydrogen) atoms. The van der Waals surface area contributed by atoms with E-state index in [0.717, 1.165) is 40.6 Å². The number of nitrogens with zero attached hydrogens (tertiary/aromatic N) is 1. The summed E-state index contributed by atoms with van der Waals surface area (Å²) in [6, 6.07) is 13.0. The molecule has 0 saturated carbocycles. The van der Waals surface area contributed by atoms with Crippen LogP contribution in [0.2, 0.25) is 0 Å². The number of carbonyl (C=O) groups excluding carboxylic acids is 1. The summed E-state index contributed by atoms with van der Waals surface area (Å²) in [6.45, 7) is 2.53. The summed E-state index contributed by atoms with van der Waals surface area (Å²) in [5, 5.41) is 1.11. The SMILES string of the molecule is CC(=O)N1CCCc2cc(S(=O)(=O)NCCc3c[nH]c4ccccc34)ccc21. The van der Waals surface area contributed by atoms with Gasteiger partial charge in [0.05, 0.1) is 4.90 Å². The van der Waals surface area contributed by atoms with Crippen LogP contribution in [0.1, 0.15) is 24.5 Å². The maximum atomic E-state index is 12.7. The summed E-state index contributed by atoms with van der Waals surface area (Å²) >= 11 is 0. The number of aryl methyl sites for hydroxylation is 1. The van der Waals surface area contributed by atoms with Gasteiger partial charge in [0.25, 0.3) is 0 Å². The molecule has 0 atom stereocenters. The van der Waals surface area contributed by atoms with E-state index in [0.29, 0.717) is 19.5 Å². The molecular weight excluding hydrogens is 374 g/mol. The minimum Gasteiger partial charge on any atom is -0.361 e. The Bertz CT molecular complexity index is 1130. The maximum Gasteiger partial charge on any atom is 0.240 e. The molecule has 1 aliphatic heterocycles. The van der Waals surface area contributed by atoms with Crippen molar-refractivity contribution < 1.29 is 13.2 Å². The minimum absolute atomic E-state index is 0.0200. The molecule has 1 aliphatic rings. The lowest BCUT2D eigenvalue weighted by molar-refractivity contribution is -0.116. The van der Waals surface area contributed by atoms with Crippen LogP contribution in [-0.2, 0) is 27.7 Å². The molecule has 3 aromatic rings. The third-order valence-electron chi connectivity index (χ3n) is 5.22. The number of hydrogen-bond acceptors (Lipinski definition) is 3. The number of anilines is 1. The zero-order valence-corrected chi connectivity index (χ0v) is 16.6. The van der Waals surface area contributed by atoms with Crippen molar-refractivity contribution in [1.29, 1.82) is 0 Å². The van der Waals surface area contributed by atoms with Crippen LogP contribution in [0.4, 0.5) is 5.69 Å². The topological polar surface area (TPSA) is 82.3 Å². The molecule has 7 heteroatoms. The van der Waals surface area contributed by atoms with Crippen molar-refractivity contribution >= 4 is 32.5 Å². The van der Waals surface area contributed by atoms with E-state index in [4.69, 9.17) is 0 Å². The number of benzene rings is 2. The average Bonchev–Trinajstić information content (AvgIpc) is 3.10. The average molecular weight is 398 g/mol. The van der Waals surface area contributed by atoms with Gasteiger partial charge in [-0.25, -0.2) is 13.1 Å². The van der Waals surface area contributed by atoms with Crippen LogP contribution in [0.3, 0.4) is 0 Å². The van der Waals surface area contributed by atoms with Gasteiger partial charge in [0.1, 0.15) is 0 Å². The second-order valence-electron chi connectivity index (χ2n) is 7.07. The molecule has 0 aliphatic carbocycles. The predicted molar refractivity (Wildman–Crippen MR) is 110 cm³/mol. The molecular formula is C21H23N3O3S. The quantitative estimate of drug-likeness (QED) is 0.694. The van der Waals surface area contributed by atoms with Gasteiger partial charge < -0.3 is 9.88 Å². The summed E-state index contributed by atoms with van der Waals surface area (Å²) in [5.41, 5.74) is 3.85. The molecule has 4 rings (SSSR count). The van der Waals surface area contributed by atoms with Gasteiger partial charge in [0, 0.05) is 42.8 Å². The van der Waals surface area contributed by atoms with Gasteiger partial charge in [-0.05, 0) is 54.7 Å². The van der Waals surface area contributed by atoms with Crippen molar-refractivity contribution in [2.75, 3.05) is 18.0 Å². The van der Waals surface area contributed by atoms with Gasteiger partial charge in [0.15, 0.2) is 0 Å². The van der Waals surface area contributed by atoms with Gasteiger partial charge in [-0.1, -0.05) is 18.2 Å². The standard InChI is InChI=1S/C21H23N3O3S/c1-15(25)24-12-4-5-16-13-18(8-9-21(16)24)28(26,27)23-11-10-17-14-22-20-7-3-2-6-19(17)20/h2-3,6-9,13-14,22-23H,4-5,10-12H2,1H3. The van der Waals surface area contributed by atoms with E-state index in [-0.39, 0.29) is 10.8 Å². The first-order valence-corrected chi connectivity index (χ1v) is 10.9. The third-order valence-corrected chi connectivity index (χ3v) is 6.68. The van der Waals surface area contributed by atoms with Gasteiger partial charge in [-0.2, -0.15) is 0 Å². The summed E-state index contributed by atoms with van der Waals surface area (Å²) in [6.07, 6.45) is 4.14. The number of nitrogens with one attached hydrogen (secondary N) is 2. The molecule has 1 aromatic heterocycles. The molecule has 0 radical (unpaired) electrons. The lowest BCUT2D eigenvalue weighted by atomic mass is 10.0. The highest BCUT2D eigenvalue weighted by Gasteiger charge is 2.23. The first kappa shape index (κ1) is 18.7. The summed E-state index contributed by atoms with van der Waals surface area (Å²) in [4.78, 5) is 16.9. The molecule has 1 amide bonds. The first-order valence-electron chi connectivity index (χ1n) is 9.41. The van der Waals surface area contributed by atoms with E-state index in [1.807, 2.05) is 30.5 Å². The number of fused-ring (bicyclic) bond motifs is 2. The Morgan fingerprint density at radius 1 is 1.21 bits per heavy atom. The number of rotatable bonds is 5. The fraction of sp³-hybridized carbons (Fsp3) is 0.286. The smallest absolute Gasteiger partial charge is 0.240 e. The first-order chi connectivity index (χ1) is 13.5. The largest absolute Gasteiger partial charge is 0.361 e. The van der Waals surface area contributed by atoms with Gasteiger partial charge >= 0.3 is 0 Å². The van der Waals surface area contributed by atoms with Crippen molar-refractivity contribution in [1.82, 2.24) is 9.71 Å². The zero-order valence-electron chi connectivity index (χ0n) is 15.7. The fourth-order valence-corrected chi connectivity index (χ4v) is 4.89. The van der Waals surface area contributed by atoms with Crippen LogP contribution < -0.4 is 9.62 Å².